The Bertz CT molecular complexity index is 1030. The summed E-state index contributed by atoms with van der Waals surface area (Å²) in [6.07, 6.45) is 1.01. The van der Waals surface area contributed by atoms with Gasteiger partial charge in [-0.25, -0.2) is 14.2 Å². The molecule has 2 N–H and O–H groups in total. The van der Waals surface area contributed by atoms with Crippen LogP contribution >= 0.6 is 0 Å². The first-order valence-electron chi connectivity index (χ1n) is 11.5. The molecular weight excluding hydrogens is 439 g/mol. The van der Waals surface area contributed by atoms with Crippen LogP contribution in [0.2, 0.25) is 0 Å². The maximum atomic E-state index is 14.4. The molecule has 1 aliphatic heterocycles. The van der Waals surface area contributed by atoms with Crippen molar-refractivity contribution in [3.8, 4) is 17.0 Å². The lowest BCUT2D eigenvalue weighted by Crippen LogP contribution is -2.51. The summed E-state index contributed by atoms with van der Waals surface area (Å²) in [5.74, 6) is -0.810. The van der Waals surface area contributed by atoms with E-state index in [1.807, 2.05) is 20.8 Å². The van der Waals surface area contributed by atoms with E-state index in [9.17, 15) is 19.1 Å². The third-order valence-electron chi connectivity index (χ3n) is 5.92. The van der Waals surface area contributed by atoms with Crippen LogP contribution in [0.15, 0.2) is 36.5 Å². The standard InChI is InChI=1S/C25H33FN4O4/c1-15(2)28-25(33)29(5)13-22-16(3)12-30(17(4)14-31)24(32)20-10-18(11-27-23(20)34-22)19-8-6-7-9-21(19)26/h6-11,15-17,22,31H,12-14H2,1-5H3,(H,28,33)/t16-,17+,22-/m0/s1. The van der Waals surface area contributed by atoms with Gasteiger partial charge in [-0.15, -0.1) is 0 Å². The largest absolute Gasteiger partial charge is 0.472 e. The molecule has 34 heavy (non-hydrogen) atoms. The molecule has 0 saturated heterocycles. The van der Waals surface area contributed by atoms with Gasteiger partial charge in [0.15, 0.2) is 0 Å². The number of benzene rings is 1. The average Bonchev–Trinajstić information content (AvgIpc) is 2.80. The minimum Gasteiger partial charge on any atom is -0.472 e. The molecular formula is C25H33FN4O4. The number of amides is 3. The summed E-state index contributed by atoms with van der Waals surface area (Å²) in [6.45, 7) is 7.83. The van der Waals surface area contributed by atoms with Crippen molar-refractivity contribution in [3.05, 3.63) is 47.9 Å². The first kappa shape index (κ1) is 25.4. The van der Waals surface area contributed by atoms with Gasteiger partial charge in [0.05, 0.1) is 19.2 Å². The molecule has 3 atom stereocenters. The van der Waals surface area contributed by atoms with Crippen LogP contribution in [0, 0.1) is 11.7 Å². The Labute approximate surface area is 199 Å². The molecule has 8 nitrogen and oxygen atoms in total. The van der Waals surface area contributed by atoms with E-state index >= 15 is 0 Å². The van der Waals surface area contributed by atoms with Crippen LogP contribution in [0.5, 0.6) is 5.88 Å². The van der Waals surface area contributed by atoms with Crippen LogP contribution < -0.4 is 10.1 Å². The first-order valence-corrected chi connectivity index (χ1v) is 11.5. The molecule has 3 amide bonds. The molecule has 184 valence electrons. The molecule has 0 aliphatic carbocycles. The Kier molecular flexibility index (Phi) is 8.09. The van der Waals surface area contributed by atoms with Crippen LogP contribution in [0.4, 0.5) is 9.18 Å². The fourth-order valence-electron chi connectivity index (χ4n) is 3.87. The topological polar surface area (TPSA) is 95.0 Å². The van der Waals surface area contributed by atoms with Crippen LogP contribution in [0.25, 0.3) is 11.1 Å². The zero-order valence-corrected chi connectivity index (χ0v) is 20.3. The number of aliphatic hydroxyl groups excluding tert-OH is 1. The molecule has 9 heteroatoms. The number of likely N-dealkylation sites (N-methyl/N-ethyl adjacent to an activating group) is 1. The van der Waals surface area contributed by atoms with Crippen molar-refractivity contribution >= 4 is 11.9 Å². The van der Waals surface area contributed by atoms with E-state index in [1.165, 1.54) is 17.2 Å². The van der Waals surface area contributed by atoms with E-state index in [-0.39, 0.29) is 48.5 Å². The second-order valence-corrected chi connectivity index (χ2v) is 9.16. The molecule has 0 bridgehead atoms. The number of nitrogens with one attached hydrogen (secondary N) is 1. The summed E-state index contributed by atoms with van der Waals surface area (Å²) in [7, 11) is 1.68. The number of ether oxygens (including phenoxy) is 1. The Morgan fingerprint density at radius 1 is 1.32 bits per heavy atom. The lowest BCUT2D eigenvalue weighted by Gasteiger charge is -2.37. The van der Waals surface area contributed by atoms with Gasteiger partial charge in [0.25, 0.3) is 5.91 Å². The van der Waals surface area contributed by atoms with E-state index in [4.69, 9.17) is 4.74 Å². The summed E-state index contributed by atoms with van der Waals surface area (Å²) < 4.78 is 20.6. The summed E-state index contributed by atoms with van der Waals surface area (Å²) in [5.41, 5.74) is 0.959. The highest BCUT2D eigenvalue weighted by atomic mass is 19.1. The number of aliphatic hydroxyl groups is 1. The van der Waals surface area contributed by atoms with E-state index in [1.54, 1.807) is 43.1 Å². The lowest BCUT2D eigenvalue weighted by molar-refractivity contribution is 0.0352. The maximum absolute atomic E-state index is 14.4. The predicted octanol–water partition coefficient (Wildman–Crippen LogP) is 3.16. The van der Waals surface area contributed by atoms with Gasteiger partial charge in [-0.05, 0) is 32.9 Å². The number of carbonyl (C=O) groups is 2. The van der Waals surface area contributed by atoms with E-state index in [0.29, 0.717) is 17.7 Å². The lowest BCUT2D eigenvalue weighted by atomic mass is 9.99. The number of nitrogens with zero attached hydrogens (tertiary/aromatic N) is 3. The van der Waals surface area contributed by atoms with Gasteiger partial charge in [-0.1, -0.05) is 25.1 Å². The van der Waals surface area contributed by atoms with Crippen molar-refractivity contribution in [2.75, 3.05) is 26.7 Å². The molecule has 3 rings (SSSR count). The highest BCUT2D eigenvalue weighted by Gasteiger charge is 2.35. The quantitative estimate of drug-likeness (QED) is 0.674. The molecule has 0 radical (unpaired) electrons. The number of aromatic nitrogens is 1. The minimum absolute atomic E-state index is 0.0108. The second kappa shape index (κ2) is 10.8. The highest BCUT2D eigenvalue weighted by Crippen LogP contribution is 2.31. The molecule has 1 aromatic carbocycles. The van der Waals surface area contributed by atoms with Gasteiger partial charge in [0.1, 0.15) is 17.5 Å². The van der Waals surface area contributed by atoms with Gasteiger partial charge in [0, 0.05) is 42.9 Å². The number of carbonyl (C=O) groups excluding carboxylic acids is 2. The van der Waals surface area contributed by atoms with Crippen molar-refractivity contribution in [2.24, 2.45) is 5.92 Å². The van der Waals surface area contributed by atoms with Gasteiger partial charge in [-0.3, -0.25) is 4.79 Å². The predicted molar refractivity (Wildman–Crippen MR) is 127 cm³/mol. The summed E-state index contributed by atoms with van der Waals surface area (Å²) in [6, 6.07) is 7.16. The summed E-state index contributed by atoms with van der Waals surface area (Å²) in [4.78, 5) is 33.4. The van der Waals surface area contributed by atoms with Gasteiger partial charge < -0.3 is 25.0 Å². The van der Waals surface area contributed by atoms with Crippen LogP contribution in [-0.2, 0) is 0 Å². The number of fused-ring (bicyclic) bond motifs is 1. The smallest absolute Gasteiger partial charge is 0.317 e. The number of rotatable bonds is 6. The van der Waals surface area contributed by atoms with Gasteiger partial charge in [0.2, 0.25) is 5.88 Å². The number of pyridine rings is 1. The Hall–Kier alpha value is -3.20. The Balaban J connectivity index is 2.00. The molecule has 0 saturated carbocycles. The monoisotopic (exact) mass is 472 g/mol. The van der Waals surface area contributed by atoms with Crippen molar-refractivity contribution in [1.29, 1.82) is 0 Å². The summed E-state index contributed by atoms with van der Waals surface area (Å²) >= 11 is 0. The maximum Gasteiger partial charge on any atom is 0.317 e. The normalized spacial score (nSPS) is 19.1. The molecule has 2 aromatic rings. The number of hydrogen-bond acceptors (Lipinski definition) is 5. The van der Waals surface area contributed by atoms with Crippen molar-refractivity contribution in [1.82, 2.24) is 20.1 Å². The molecule has 0 fully saturated rings. The van der Waals surface area contributed by atoms with Crippen molar-refractivity contribution < 1.29 is 23.8 Å². The average molecular weight is 473 g/mol. The third kappa shape index (κ3) is 5.64. The van der Waals surface area contributed by atoms with Crippen LogP contribution in [-0.4, -0.2) is 76.8 Å². The fraction of sp³-hybridized carbons (Fsp3) is 0.480. The van der Waals surface area contributed by atoms with Crippen LogP contribution in [0.3, 0.4) is 0 Å². The van der Waals surface area contributed by atoms with Crippen molar-refractivity contribution in [2.45, 2.75) is 45.9 Å². The minimum atomic E-state index is -0.463. The van der Waals surface area contributed by atoms with Gasteiger partial charge in [-0.2, -0.15) is 0 Å². The second-order valence-electron chi connectivity index (χ2n) is 9.16. The molecule has 0 unspecified atom stereocenters. The van der Waals surface area contributed by atoms with E-state index < -0.39 is 18.0 Å². The van der Waals surface area contributed by atoms with Gasteiger partial charge >= 0.3 is 6.03 Å². The summed E-state index contributed by atoms with van der Waals surface area (Å²) in [5, 5.41) is 12.6. The van der Waals surface area contributed by atoms with Crippen molar-refractivity contribution in [3.63, 3.8) is 0 Å². The molecule has 1 aliphatic rings. The van der Waals surface area contributed by atoms with E-state index in [0.717, 1.165) is 0 Å². The molecule has 2 heterocycles. The molecule has 1 aromatic heterocycles. The molecule has 0 spiro atoms. The zero-order valence-electron chi connectivity index (χ0n) is 20.3. The number of urea groups is 1. The van der Waals surface area contributed by atoms with E-state index in [2.05, 4.69) is 10.3 Å². The third-order valence-corrected chi connectivity index (χ3v) is 5.92. The highest BCUT2D eigenvalue weighted by molar-refractivity contribution is 5.98. The number of halogens is 1. The SMILES string of the molecule is CC(C)NC(=O)N(C)C[C@@H]1Oc2ncc(-c3ccccc3F)cc2C(=O)N([C@H](C)CO)C[C@@H]1C. The van der Waals surface area contributed by atoms with Crippen LogP contribution in [0.1, 0.15) is 38.1 Å². The number of hydrogen-bond donors (Lipinski definition) is 2. The Morgan fingerprint density at radius 3 is 2.68 bits per heavy atom. The zero-order chi connectivity index (χ0) is 25.0. The Morgan fingerprint density at radius 2 is 2.03 bits per heavy atom. The first-order chi connectivity index (χ1) is 16.1. The fourth-order valence-corrected chi connectivity index (χ4v) is 3.87.